The maximum Gasteiger partial charge on any atom is 0.219 e. The first-order valence-electron chi connectivity index (χ1n) is 4.87. The van der Waals surface area contributed by atoms with Crippen LogP contribution in [-0.4, -0.2) is 12.5 Å². The van der Waals surface area contributed by atoms with Crippen LogP contribution in [0.4, 0.5) is 0 Å². The molecule has 0 saturated heterocycles. The van der Waals surface area contributed by atoms with Gasteiger partial charge in [-0.2, -0.15) is 0 Å². The van der Waals surface area contributed by atoms with E-state index in [2.05, 4.69) is 17.4 Å². The second-order valence-electron chi connectivity index (χ2n) is 3.63. The van der Waals surface area contributed by atoms with Crippen LogP contribution in [0.1, 0.15) is 23.6 Å². The Morgan fingerprint density at radius 1 is 1.50 bits per heavy atom. The maximum atomic E-state index is 10.9. The number of nitrogens with two attached hydrogens (primary N) is 1. The van der Waals surface area contributed by atoms with Crippen molar-refractivity contribution >= 4 is 5.91 Å². The molecule has 0 bridgehead atoms. The quantitative estimate of drug-likeness (QED) is 0.723. The number of rotatable bonds is 2. The van der Waals surface area contributed by atoms with E-state index in [0.29, 0.717) is 6.42 Å². The van der Waals surface area contributed by atoms with Gasteiger partial charge in [0.15, 0.2) is 0 Å². The third-order valence-corrected chi connectivity index (χ3v) is 2.62. The monoisotopic (exact) mass is 190 g/mol. The molecule has 3 N–H and O–H groups in total. The van der Waals surface area contributed by atoms with E-state index in [9.17, 15) is 4.79 Å². The number of carbonyl (C=O) groups is 1. The van der Waals surface area contributed by atoms with E-state index in [1.807, 2.05) is 12.1 Å². The number of fused-ring (bicyclic) bond motifs is 1. The molecule has 1 aromatic carbocycles. The highest BCUT2D eigenvalue weighted by molar-refractivity contribution is 5.74. The summed E-state index contributed by atoms with van der Waals surface area (Å²) in [6.45, 7) is 0.926. The van der Waals surface area contributed by atoms with Gasteiger partial charge in [-0.05, 0) is 24.1 Å². The standard InChI is InChI=1S/C11H14N2O/c12-11(14)7-10-9-4-2-1-3-8(9)5-6-13-10/h1-4,10,13H,5-7H2,(H2,12,14). The van der Waals surface area contributed by atoms with E-state index in [-0.39, 0.29) is 11.9 Å². The molecule has 74 valence electrons. The summed E-state index contributed by atoms with van der Waals surface area (Å²) >= 11 is 0. The Morgan fingerprint density at radius 3 is 3.07 bits per heavy atom. The van der Waals surface area contributed by atoms with Gasteiger partial charge in [0.25, 0.3) is 0 Å². The Hall–Kier alpha value is -1.35. The van der Waals surface area contributed by atoms with Crippen molar-refractivity contribution in [2.75, 3.05) is 6.54 Å². The fraction of sp³-hybridized carbons (Fsp3) is 0.364. The third kappa shape index (κ3) is 1.77. The maximum absolute atomic E-state index is 10.9. The van der Waals surface area contributed by atoms with E-state index in [4.69, 9.17) is 5.73 Å². The molecule has 0 fully saturated rings. The first-order chi connectivity index (χ1) is 6.77. The molecule has 1 aliphatic heterocycles. The van der Waals surface area contributed by atoms with E-state index < -0.39 is 0 Å². The first-order valence-corrected chi connectivity index (χ1v) is 4.87. The molecule has 0 radical (unpaired) electrons. The topological polar surface area (TPSA) is 55.1 Å². The highest BCUT2D eigenvalue weighted by atomic mass is 16.1. The van der Waals surface area contributed by atoms with Gasteiger partial charge in [-0.15, -0.1) is 0 Å². The second-order valence-corrected chi connectivity index (χ2v) is 3.63. The average Bonchev–Trinajstić information content (AvgIpc) is 2.18. The lowest BCUT2D eigenvalue weighted by molar-refractivity contribution is -0.118. The average molecular weight is 190 g/mol. The van der Waals surface area contributed by atoms with Crippen molar-refractivity contribution in [2.45, 2.75) is 18.9 Å². The van der Waals surface area contributed by atoms with Gasteiger partial charge in [0.1, 0.15) is 0 Å². The van der Waals surface area contributed by atoms with Crippen molar-refractivity contribution in [3.63, 3.8) is 0 Å². The van der Waals surface area contributed by atoms with Gasteiger partial charge in [0, 0.05) is 12.5 Å². The van der Waals surface area contributed by atoms with Gasteiger partial charge in [0.2, 0.25) is 5.91 Å². The summed E-state index contributed by atoms with van der Waals surface area (Å²) in [4.78, 5) is 10.9. The molecule has 2 rings (SSSR count). The third-order valence-electron chi connectivity index (χ3n) is 2.62. The molecule has 0 aliphatic carbocycles. The van der Waals surface area contributed by atoms with E-state index in [1.54, 1.807) is 0 Å². The number of hydrogen-bond acceptors (Lipinski definition) is 2. The molecular formula is C11H14N2O. The lowest BCUT2D eigenvalue weighted by Gasteiger charge is -2.25. The molecular weight excluding hydrogens is 176 g/mol. The SMILES string of the molecule is NC(=O)CC1NCCc2ccccc21. The van der Waals surface area contributed by atoms with Crippen LogP contribution in [0.2, 0.25) is 0 Å². The van der Waals surface area contributed by atoms with E-state index in [1.165, 1.54) is 11.1 Å². The normalized spacial score (nSPS) is 20.1. The second kappa shape index (κ2) is 3.80. The van der Waals surface area contributed by atoms with Crippen LogP contribution in [0.5, 0.6) is 0 Å². The summed E-state index contributed by atoms with van der Waals surface area (Å²) in [5, 5.41) is 3.31. The number of hydrogen-bond donors (Lipinski definition) is 2. The van der Waals surface area contributed by atoms with E-state index in [0.717, 1.165) is 13.0 Å². The molecule has 1 aromatic rings. The highest BCUT2D eigenvalue weighted by Gasteiger charge is 2.20. The molecule has 0 spiro atoms. The van der Waals surface area contributed by atoms with Crippen molar-refractivity contribution in [3.8, 4) is 0 Å². The van der Waals surface area contributed by atoms with Gasteiger partial charge < -0.3 is 11.1 Å². The molecule has 0 aromatic heterocycles. The zero-order chi connectivity index (χ0) is 9.97. The molecule has 1 atom stereocenters. The predicted molar refractivity (Wildman–Crippen MR) is 54.7 cm³/mol. The van der Waals surface area contributed by atoms with Crippen molar-refractivity contribution < 1.29 is 4.79 Å². The molecule has 1 heterocycles. The highest BCUT2D eigenvalue weighted by Crippen LogP contribution is 2.24. The van der Waals surface area contributed by atoms with E-state index >= 15 is 0 Å². The lowest BCUT2D eigenvalue weighted by Crippen LogP contribution is -2.32. The van der Waals surface area contributed by atoms with Crippen LogP contribution in [0.15, 0.2) is 24.3 Å². The molecule has 3 nitrogen and oxygen atoms in total. The van der Waals surface area contributed by atoms with Crippen molar-refractivity contribution in [1.82, 2.24) is 5.32 Å². The molecule has 3 heteroatoms. The smallest absolute Gasteiger partial charge is 0.219 e. The first kappa shape index (κ1) is 9.21. The largest absolute Gasteiger partial charge is 0.370 e. The van der Waals surface area contributed by atoms with Crippen molar-refractivity contribution in [1.29, 1.82) is 0 Å². The fourth-order valence-electron chi connectivity index (χ4n) is 1.98. The van der Waals surface area contributed by atoms with Gasteiger partial charge in [0.05, 0.1) is 0 Å². The summed E-state index contributed by atoms with van der Waals surface area (Å²) < 4.78 is 0. The van der Waals surface area contributed by atoms with Crippen LogP contribution < -0.4 is 11.1 Å². The molecule has 1 unspecified atom stereocenters. The van der Waals surface area contributed by atoms with Crippen LogP contribution in [0, 0.1) is 0 Å². The summed E-state index contributed by atoms with van der Waals surface area (Å²) in [7, 11) is 0. The predicted octanol–water partition coefficient (Wildman–Crippen LogP) is 0.749. The van der Waals surface area contributed by atoms with Crippen LogP contribution >= 0.6 is 0 Å². The minimum absolute atomic E-state index is 0.109. The number of amides is 1. The zero-order valence-electron chi connectivity index (χ0n) is 7.99. The fourth-order valence-corrected chi connectivity index (χ4v) is 1.98. The Balaban J connectivity index is 2.26. The van der Waals surface area contributed by atoms with Gasteiger partial charge in [-0.1, -0.05) is 24.3 Å². The lowest BCUT2D eigenvalue weighted by atomic mass is 9.92. The van der Waals surface area contributed by atoms with Gasteiger partial charge >= 0.3 is 0 Å². The Bertz CT molecular complexity index is 349. The van der Waals surface area contributed by atoms with Crippen LogP contribution in [-0.2, 0) is 11.2 Å². The molecule has 1 amide bonds. The van der Waals surface area contributed by atoms with Crippen LogP contribution in [0.3, 0.4) is 0 Å². The Kier molecular flexibility index (Phi) is 2.50. The number of primary amides is 1. The molecule has 1 aliphatic rings. The van der Waals surface area contributed by atoms with Crippen molar-refractivity contribution in [2.24, 2.45) is 5.73 Å². The minimum Gasteiger partial charge on any atom is -0.370 e. The number of benzene rings is 1. The molecule has 0 saturated carbocycles. The minimum atomic E-state index is -0.251. The van der Waals surface area contributed by atoms with Crippen molar-refractivity contribution in [3.05, 3.63) is 35.4 Å². The number of carbonyl (C=O) groups excluding carboxylic acids is 1. The Morgan fingerprint density at radius 2 is 2.29 bits per heavy atom. The summed E-state index contributed by atoms with van der Waals surface area (Å²) in [6.07, 6.45) is 1.42. The summed E-state index contributed by atoms with van der Waals surface area (Å²) in [6, 6.07) is 8.32. The summed E-state index contributed by atoms with van der Waals surface area (Å²) in [5.74, 6) is -0.251. The van der Waals surface area contributed by atoms with Gasteiger partial charge in [-0.25, -0.2) is 0 Å². The Labute approximate surface area is 83.3 Å². The zero-order valence-corrected chi connectivity index (χ0v) is 7.99. The van der Waals surface area contributed by atoms with Gasteiger partial charge in [-0.3, -0.25) is 4.79 Å². The summed E-state index contributed by atoms with van der Waals surface area (Å²) in [5.41, 5.74) is 7.75. The molecule has 14 heavy (non-hydrogen) atoms. The number of nitrogens with one attached hydrogen (secondary N) is 1. The van der Waals surface area contributed by atoms with Crippen LogP contribution in [0.25, 0.3) is 0 Å².